The second-order valence-electron chi connectivity index (χ2n) is 3.37. The summed E-state index contributed by atoms with van der Waals surface area (Å²) in [6.07, 6.45) is 6.44. The van der Waals surface area contributed by atoms with Gasteiger partial charge in [-0.3, -0.25) is 4.79 Å². The van der Waals surface area contributed by atoms with Gasteiger partial charge in [-0.15, -0.1) is 6.42 Å². The highest BCUT2D eigenvalue weighted by Gasteiger charge is 2.01. The van der Waals surface area contributed by atoms with Crippen molar-refractivity contribution in [1.29, 1.82) is 0 Å². The third-order valence-corrected chi connectivity index (χ3v) is 2.07. The van der Waals surface area contributed by atoms with Crippen molar-refractivity contribution in [3.8, 4) is 12.3 Å². The van der Waals surface area contributed by atoms with Gasteiger partial charge in [0.1, 0.15) is 0 Å². The van der Waals surface area contributed by atoms with Gasteiger partial charge in [0.05, 0.1) is 0 Å². The zero-order valence-corrected chi connectivity index (χ0v) is 9.32. The summed E-state index contributed by atoms with van der Waals surface area (Å²) in [5.74, 6) is 2.50. The molecular formula is C13H15NO2. The van der Waals surface area contributed by atoms with Gasteiger partial charge in [-0.1, -0.05) is 12.0 Å². The molecule has 0 aliphatic heterocycles. The lowest BCUT2D eigenvalue weighted by molar-refractivity contribution is -0.116. The predicted molar refractivity (Wildman–Crippen MR) is 64.1 cm³/mol. The number of carbonyl (C=O) groups excluding carboxylic acids is 1. The van der Waals surface area contributed by atoms with Gasteiger partial charge in [-0.05, 0) is 24.6 Å². The topological polar surface area (TPSA) is 38.3 Å². The largest absolute Gasteiger partial charge is 0.385 e. The van der Waals surface area contributed by atoms with Crippen molar-refractivity contribution in [2.45, 2.75) is 12.8 Å². The van der Waals surface area contributed by atoms with Crippen molar-refractivity contribution >= 4 is 11.6 Å². The van der Waals surface area contributed by atoms with Crippen LogP contribution < -0.4 is 5.32 Å². The summed E-state index contributed by atoms with van der Waals surface area (Å²) in [5.41, 5.74) is 1.49. The number of carbonyl (C=O) groups is 1. The van der Waals surface area contributed by atoms with E-state index in [-0.39, 0.29) is 5.91 Å². The van der Waals surface area contributed by atoms with E-state index < -0.39 is 0 Å². The molecule has 0 aromatic heterocycles. The zero-order valence-electron chi connectivity index (χ0n) is 9.32. The molecule has 0 unspecified atom stereocenters. The smallest absolute Gasteiger partial charge is 0.224 e. The number of hydrogen-bond acceptors (Lipinski definition) is 2. The van der Waals surface area contributed by atoms with E-state index in [9.17, 15) is 4.79 Å². The molecule has 0 fully saturated rings. The van der Waals surface area contributed by atoms with Crippen LogP contribution in [0, 0.1) is 12.3 Å². The second-order valence-corrected chi connectivity index (χ2v) is 3.37. The highest BCUT2D eigenvalue weighted by Crippen LogP contribution is 2.10. The van der Waals surface area contributed by atoms with Gasteiger partial charge >= 0.3 is 0 Å². The highest BCUT2D eigenvalue weighted by atomic mass is 16.5. The third kappa shape index (κ3) is 4.16. The Morgan fingerprint density at radius 1 is 1.56 bits per heavy atom. The molecule has 16 heavy (non-hydrogen) atoms. The maximum atomic E-state index is 11.5. The standard InChI is InChI=1S/C13H15NO2/c1-3-11-6-4-7-12(10-11)14-13(15)8-5-9-16-2/h1,4,6-7,10H,5,8-9H2,2H3,(H,14,15). The van der Waals surface area contributed by atoms with Crippen molar-refractivity contribution in [3.05, 3.63) is 29.8 Å². The fraction of sp³-hybridized carbons (Fsp3) is 0.308. The highest BCUT2D eigenvalue weighted by molar-refractivity contribution is 5.90. The molecule has 0 spiro atoms. The number of benzene rings is 1. The van der Waals surface area contributed by atoms with Crippen molar-refractivity contribution in [2.75, 3.05) is 19.0 Å². The number of nitrogens with one attached hydrogen (secondary N) is 1. The van der Waals surface area contributed by atoms with Crippen molar-refractivity contribution in [2.24, 2.45) is 0 Å². The number of terminal acetylenes is 1. The average Bonchev–Trinajstić information content (AvgIpc) is 2.29. The molecule has 3 nitrogen and oxygen atoms in total. The average molecular weight is 217 g/mol. The van der Waals surface area contributed by atoms with Crippen LogP contribution in [0.3, 0.4) is 0 Å². The molecule has 1 rings (SSSR count). The Kier molecular flexibility index (Phi) is 5.10. The molecule has 0 aliphatic rings. The van der Waals surface area contributed by atoms with Crippen LogP contribution >= 0.6 is 0 Å². The molecule has 84 valence electrons. The SMILES string of the molecule is C#Cc1cccc(NC(=O)CCCOC)c1. The Hall–Kier alpha value is -1.79. The van der Waals surface area contributed by atoms with Gasteiger partial charge in [-0.2, -0.15) is 0 Å². The first kappa shape index (κ1) is 12.3. The Bertz CT molecular complexity index is 393. The Labute approximate surface area is 95.8 Å². The Morgan fingerprint density at radius 3 is 3.06 bits per heavy atom. The summed E-state index contributed by atoms with van der Waals surface area (Å²) >= 11 is 0. The third-order valence-electron chi connectivity index (χ3n) is 2.07. The summed E-state index contributed by atoms with van der Waals surface area (Å²) in [7, 11) is 1.62. The van der Waals surface area contributed by atoms with Crippen LogP contribution in [0.1, 0.15) is 18.4 Å². The van der Waals surface area contributed by atoms with E-state index in [1.807, 2.05) is 18.2 Å². The monoisotopic (exact) mass is 217 g/mol. The van der Waals surface area contributed by atoms with E-state index in [1.165, 1.54) is 0 Å². The quantitative estimate of drug-likeness (QED) is 0.605. The minimum absolute atomic E-state index is 0.0220. The maximum Gasteiger partial charge on any atom is 0.224 e. The van der Waals surface area contributed by atoms with E-state index in [1.54, 1.807) is 13.2 Å². The molecule has 0 heterocycles. The summed E-state index contributed by atoms with van der Waals surface area (Å²) < 4.78 is 4.87. The van der Waals surface area contributed by atoms with Crippen LogP contribution in [-0.2, 0) is 9.53 Å². The van der Waals surface area contributed by atoms with Gasteiger partial charge in [0.2, 0.25) is 5.91 Å². The van der Waals surface area contributed by atoms with E-state index in [2.05, 4.69) is 11.2 Å². The van der Waals surface area contributed by atoms with Gasteiger partial charge in [0.25, 0.3) is 0 Å². The number of amides is 1. The van der Waals surface area contributed by atoms with Crippen LogP contribution in [0.2, 0.25) is 0 Å². The van der Waals surface area contributed by atoms with Crippen LogP contribution in [0.15, 0.2) is 24.3 Å². The van der Waals surface area contributed by atoms with Gasteiger partial charge in [-0.25, -0.2) is 0 Å². The second kappa shape index (κ2) is 6.65. The number of methoxy groups -OCH3 is 1. The lowest BCUT2D eigenvalue weighted by Crippen LogP contribution is -2.12. The molecule has 0 aliphatic carbocycles. The maximum absolute atomic E-state index is 11.5. The van der Waals surface area contributed by atoms with Crippen molar-refractivity contribution in [3.63, 3.8) is 0 Å². The Morgan fingerprint density at radius 2 is 2.38 bits per heavy atom. The Balaban J connectivity index is 2.47. The zero-order chi connectivity index (χ0) is 11.8. The molecule has 1 N–H and O–H groups in total. The van der Waals surface area contributed by atoms with E-state index in [0.717, 1.165) is 17.7 Å². The lowest BCUT2D eigenvalue weighted by Gasteiger charge is -2.05. The number of hydrogen-bond donors (Lipinski definition) is 1. The molecule has 1 amide bonds. The lowest BCUT2D eigenvalue weighted by atomic mass is 10.2. The van der Waals surface area contributed by atoms with E-state index >= 15 is 0 Å². The minimum Gasteiger partial charge on any atom is -0.385 e. The molecule has 0 bridgehead atoms. The van der Waals surface area contributed by atoms with E-state index in [0.29, 0.717) is 13.0 Å². The predicted octanol–water partition coefficient (Wildman–Crippen LogP) is 2.03. The summed E-state index contributed by atoms with van der Waals surface area (Å²) in [6, 6.07) is 7.23. The van der Waals surface area contributed by atoms with Crippen molar-refractivity contribution < 1.29 is 9.53 Å². The number of rotatable bonds is 5. The first-order valence-electron chi connectivity index (χ1n) is 5.11. The minimum atomic E-state index is -0.0220. The van der Waals surface area contributed by atoms with Gasteiger partial charge in [0.15, 0.2) is 0 Å². The summed E-state index contributed by atoms with van der Waals surface area (Å²) in [5, 5.41) is 2.79. The molecular weight excluding hydrogens is 202 g/mol. The summed E-state index contributed by atoms with van der Waals surface area (Å²) in [4.78, 5) is 11.5. The molecule has 3 heteroatoms. The van der Waals surface area contributed by atoms with Gasteiger partial charge < -0.3 is 10.1 Å². The van der Waals surface area contributed by atoms with Crippen LogP contribution in [0.25, 0.3) is 0 Å². The molecule has 0 atom stereocenters. The van der Waals surface area contributed by atoms with Crippen LogP contribution in [-0.4, -0.2) is 19.6 Å². The van der Waals surface area contributed by atoms with Crippen LogP contribution in [0.5, 0.6) is 0 Å². The summed E-state index contributed by atoms with van der Waals surface area (Å²) in [6.45, 7) is 0.595. The fourth-order valence-corrected chi connectivity index (χ4v) is 1.29. The first-order valence-corrected chi connectivity index (χ1v) is 5.11. The molecule has 0 saturated carbocycles. The number of anilines is 1. The molecule has 1 aromatic rings. The normalized spacial score (nSPS) is 9.50. The van der Waals surface area contributed by atoms with Crippen LogP contribution in [0.4, 0.5) is 5.69 Å². The van der Waals surface area contributed by atoms with Crippen molar-refractivity contribution in [1.82, 2.24) is 0 Å². The van der Waals surface area contributed by atoms with E-state index in [4.69, 9.17) is 11.2 Å². The fourth-order valence-electron chi connectivity index (χ4n) is 1.29. The molecule has 0 saturated heterocycles. The van der Waals surface area contributed by atoms with Gasteiger partial charge in [0, 0.05) is 31.4 Å². The first-order chi connectivity index (χ1) is 7.76. The molecule has 0 radical (unpaired) electrons. The number of ether oxygens (including phenoxy) is 1. The molecule has 1 aromatic carbocycles.